The van der Waals surface area contributed by atoms with Gasteiger partial charge in [-0.25, -0.2) is 0 Å². The van der Waals surface area contributed by atoms with Crippen molar-refractivity contribution >= 4 is 11.6 Å². The molecule has 0 atom stereocenters. The maximum atomic E-state index is 12.4. The van der Waals surface area contributed by atoms with E-state index < -0.39 is 0 Å². The highest BCUT2D eigenvalue weighted by Crippen LogP contribution is 2.29. The van der Waals surface area contributed by atoms with Gasteiger partial charge in [-0.05, 0) is 36.8 Å². The van der Waals surface area contributed by atoms with E-state index >= 15 is 0 Å². The van der Waals surface area contributed by atoms with Gasteiger partial charge in [0.1, 0.15) is 0 Å². The predicted molar refractivity (Wildman–Crippen MR) is 76.0 cm³/mol. The van der Waals surface area contributed by atoms with Gasteiger partial charge in [-0.1, -0.05) is 19.9 Å². The molecule has 1 fully saturated rings. The largest absolute Gasteiger partial charge is 0.505 e. The van der Waals surface area contributed by atoms with E-state index in [9.17, 15) is 9.90 Å². The molecule has 3 N–H and O–H groups in total. The number of phenols is 1. The lowest BCUT2D eigenvalue weighted by atomic mass is 9.86. The van der Waals surface area contributed by atoms with E-state index in [-0.39, 0.29) is 17.3 Å². The van der Waals surface area contributed by atoms with E-state index in [0.717, 1.165) is 25.9 Å². The predicted octanol–water partition coefficient (Wildman–Crippen LogP) is 2.48. The molecule has 19 heavy (non-hydrogen) atoms. The Morgan fingerprint density at radius 3 is 2.58 bits per heavy atom. The van der Waals surface area contributed by atoms with Crippen molar-refractivity contribution in [2.75, 3.05) is 18.8 Å². The van der Waals surface area contributed by atoms with Crippen LogP contribution in [0.1, 0.15) is 37.0 Å². The van der Waals surface area contributed by atoms with Gasteiger partial charge in [-0.3, -0.25) is 4.79 Å². The van der Waals surface area contributed by atoms with E-state index in [1.807, 2.05) is 4.90 Å². The normalized spacial score (nSPS) is 16.9. The van der Waals surface area contributed by atoms with Crippen LogP contribution in [-0.4, -0.2) is 29.0 Å². The van der Waals surface area contributed by atoms with Crippen molar-refractivity contribution in [2.45, 2.75) is 26.7 Å². The number of piperidine rings is 1. The number of hydrogen-bond acceptors (Lipinski definition) is 3. The van der Waals surface area contributed by atoms with Crippen LogP contribution in [0.15, 0.2) is 18.2 Å². The Morgan fingerprint density at radius 1 is 1.37 bits per heavy atom. The fourth-order valence-electron chi connectivity index (χ4n) is 2.67. The van der Waals surface area contributed by atoms with Crippen LogP contribution in [-0.2, 0) is 0 Å². The summed E-state index contributed by atoms with van der Waals surface area (Å²) in [7, 11) is 0. The third kappa shape index (κ3) is 2.83. The molecule has 0 unspecified atom stereocenters. The molecular weight excluding hydrogens is 240 g/mol. The van der Waals surface area contributed by atoms with Crippen LogP contribution < -0.4 is 5.73 Å². The second-order valence-electron chi connectivity index (χ2n) is 5.62. The molecule has 4 heteroatoms. The van der Waals surface area contributed by atoms with Gasteiger partial charge in [0.15, 0.2) is 5.75 Å². The number of nitrogens with two attached hydrogens (primary N) is 1. The SMILES string of the molecule is CC(C)C1CCN(C(=O)c2cccc(N)c2O)CC1. The maximum absolute atomic E-state index is 12.4. The van der Waals surface area contributed by atoms with Crippen molar-refractivity contribution in [2.24, 2.45) is 11.8 Å². The number of para-hydroxylation sites is 1. The number of anilines is 1. The van der Waals surface area contributed by atoms with Gasteiger partial charge < -0.3 is 15.7 Å². The first-order valence-electron chi connectivity index (χ1n) is 6.87. The number of hydrogen-bond donors (Lipinski definition) is 2. The zero-order chi connectivity index (χ0) is 14.0. The zero-order valence-electron chi connectivity index (χ0n) is 11.6. The number of nitrogens with zero attached hydrogens (tertiary/aromatic N) is 1. The highest BCUT2D eigenvalue weighted by molar-refractivity contribution is 5.98. The van der Waals surface area contributed by atoms with Crippen LogP contribution in [0.3, 0.4) is 0 Å². The van der Waals surface area contributed by atoms with E-state index in [4.69, 9.17) is 5.73 Å². The van der Waals surface area contributed by atoms with Crippen LogP contribution in [0.4, 0.5) is 5.69 Å². The van der Waals surface area contributed by atoms with E-state index in [0.29, 0.717) is 17.4 Å². The van der Waals surface area contributed by atoms with Crippen molar-refractivity contribution in [3.05, 3.63) is 23.8 Å². The Kier molecular flexibility index (Phi) is 3.98. The molecule has 1 aliphatic rings. The summed E-state index contributed by atoms with van der Waals surface area (Å²) in [5.74, 6) is 1.14. The lowest BCUT2D eigenvalue weighted by Crippen LogP contribution is -2.39. The molecule has 0 saturated carbocycles. The van der Waals surface area contributed by atoms with Gasteiger partial charge in [-0.2, -0.15) is 0 Å². The van der Waals surface area contributed by atoms with Gasteiger partial charge in [0.25, 0.3) is 5.91 Å². The number of aromatic hydroxyl groups is 1. The van der Waals surface area contributed by atoms with Gasteiger partial charge in [0.05, 0.1) is 11.3 Å². The molecule has 4 nitrogen and oxygen atoms in total. The van der Waals surface area contributed by atoms with Crippen molar-refractivity contribution < 1.29 is 9.90 Å². The monoisotopic (exact) mass is 262 g/mol. The van der Waals surface area contributed by atoms with E-state index in [2.05, 4.69) is 13.8 Å². The van der Waals surface area contributed by atoms with Crippen molar-refractivity contribution in [3.63, 3.8) is 0 Å². The van der Waals surface area contributed by atoms with Crippen molar-refractivity contribution in [1.29, 1.82) is 0 Å². The lowest BCUT2D eigenvalue weighted by Gasteiger charge is -2.34. The number of amides is 1. The first kappa shape index (κ1) is 13.7. The number of phenolic OH excluding ortho intramolecular Hbond substituents is 1. The van der Waals surface area contributed by atoms with E-state index in [1.54, 1.807) is 18.2 Å². The summed E-state index contributed by atoms with van der Waals surface area (Å²) in [6.45, 7) is 5.98. The summed E-state index contributed by atoms with van der Waals surface area (Å²) in [4.78, 5) is 14.2. The summed E-state index contributed by atoms with van der Waals surface area (Å²) in [6, 6.07) is 4.92. The molecule has 0 bridgehead atoms. The number of benzene rings is 1. The minimum absolute atomic E-state index is 0.0986. The smallest absolute Gasteiger partial charge is 0.257 e. The van der Waals surface area contributed by atoms with Crippen molar-refractivity contribution in [1.82, 2.24) is 4.90 Å². The average molecular weight is 262 g/mol. The van der Waals surface area contributed by atoms with Gasteiger partial charge in [-0.15, -0.1) is 0 Å². The second-order valence-corrected chi connectivity index (χ2v) is 5.62. The highest BCUT2D eigenvalue weighted by Gasteiger charge is 2.26. The summed E-state index contributed by atoms with van der Waals surface area (Å²) in [5, 5.41) is 9.87. The molecule has 0 aliphatic carbocycles. The molecule has 1 aromatic rings. The number of rotatable bonds is 2. The fourth-order valence-corrected chi connectivity index (χ4v) is 2.67. The van der Waals surface area contributed by atoms with Crippen LogP contribution in [0.2, 0.25) is 0 Å². The molecule has 1 aromatic carbocycles. The standard InChI is InChI=1S/C15H22N2O2/c1-10(2)11-6-8-17(9-7-11)15(19)12-4-3-5-13(16)14(12)18/h3-5,10-11,18H,6-9,16H2,1-2H3. The quantitative estimate of drug-likeness (QED) is 0.635. The number of likely N-dealkylation sites (tertiary alicyclic amines) is 1. The Hall–Kier alpha value is -1.71. The van der Waals surface area contributed by atoms with Crippen molar-refractivity contribution in [3.8, 4) is 5.75 Å². The Bertz CT molecular complexity index is 463. The van der Waals surface area contributed by atoms with Crippen LogP contribution in [0, 0.1) is 11.8 Å². The molecule has 0 spiro atoms. The maximum Gasteiger partial charge on any atom is 0.257 e. The number of carbonyl (C=O) groups excluding carboxylic acids is 1. The first-order chi connectivity index (χ1) is 9.00. The first-order valence-corrected chi connectivity index (χ1v) is 6.87. The molecule has 0 aromatic heterocycles. The van der Waals surface area contributed by atoms with Gasteiger partial charge >= 0.3 is 0 Å². The van der Waals surface area contributed by atoms with Crippen LogP contribution >= 0.6 is 0 Å². The molecule has 104 valence electrons. The molecule has 0 radical (unpaired) electrons. The summed E-state index contributed by atoms with van der Waals surface area (Å²) >= 11 is 0. The fraction of sp³-hybridized carbons (Fsp3) is 0.533. The Morgan fingerprint density at radius 2 is 2.00 bits per heavy atom. The lowest BCUT2D eigenvalue weighted by molar-refractivity contribution is 0.0665. The van der Waals surface area contributed by atoms with Crippen LogP contribution in [0.25, 0.3) is 0 Å². The summed E-state index contributed by atoms with van der Waals surface area (Å²) in [5.41, 5.74) is 6.19. The summed E-state index contributed by atoms with van der Waals surface area (Å²) < 4.78 is 0. The topological polar surface area (TPSA) is 66.6 Å². The molecule has 2 rings (SSSR count). The van der Waals surface area contributed by atoms with Gasteiger partial charge in [0, 0.05) is 13.1 Å². The summed E-state index contributed by atoms with van der Waals surface area (Å²) in [6.07, 6.45) is 2.07. The zero-order valence-corrected chi connectivity index (χ0v) is 11.6. The molecule has 1 amide bonds. The highest BCUT2D eigenvalue weighted by atomic mass is 16.3. The minimum Gasteiger partial charge on any atom is -0.505 e. The third-order valence-electron chi connectivity index (χ3n) is 4.07. The minimum atomic E-state index is -0.119. The van der Waals surface area contributed by atoms with Gasteiger partial charge in [0.2, 0.25) is 0 Å². The Balaban J connectivity index is 2.07. The molecular formula is C15H22N2O2. The van der Waals surface area contributed by atoms with E-state index in [1.165, 1.54) is 0 Å². The molecule has 1 saturated heterocycles. The number of nitrogen functional groups attached to an aromatic ring is 1. The third-order valence-corrected chi connectivity index (χ3v) is 4.07. The number of carbonyl (C=O) groups is 1. The average Bonchev–Trinajstić information content (AvgIpc) is 2.41. The second kappa shape index (κ2) is 5.51. The molecule has 1 heterocycles. The molecule has 1 aliphatic heterocycles. The van der Waals surface area contributed by atoms with Crippen LogP contribution in [0.5, 0.6) is 5.75 Å². The Labute approximate surface area is 114 Å².